The summed E-state index contributed by atoms with van der Waals surface area (Å²) < 4.78 is 5.47. The first-order valence-electron chi connectivity index (χ1n) is 10.3. The van der Waals surface area contributed by atoms with E-state index in [1.165, 1.54) is 0 Å². The van der Waals surface area contributed by atoms with Gasteiger partial charge in [0.15, 0.2) is 5.16 Å². The molecule has 1 aromatic carbocycles. The van der Waals surface area contributed by atoms with Gasteiger partial charge in [-0.2, -0.15) is 0 Å². The smallest absolute Gasteiger partial charge is 0.251 e. The number of carbonyl (C=O) groups is 1. The van der Waals surface area contributed by atoms with E-state index in [0.29, 0.717) is 17.9 Å². The first-order valence-corrected chi connectivity index (χ1v) is 11.2. The first kappa shape index (κ1) is 22.5. The Bertz CT molecular complexity index is 869. The molecule has 3 rings (SSSR count). The number of thioether (sulfide) groups is 1. The number of nitrogens with zero attached hydrogens (tertiary/aromatic N) is 4. The Morgan fingerprint density at radius 2 is 2.00 bits per heavy atom. The van der Waals surface area contributed by atoms with Crippen molar-refractivity contribution in [2.75, 3.05) is 58.4 Å². The molecule has 0 bridgehead atoms. The van der Waals surface area contributed by atoms with Gasteiger partial charge in [-0.3, -0.25) is 4.79 Å². The van der Waals surface area contributed by atoms with Crippen LogP contribution in [0.4, 0.5) is 5.82 Å². The monoisotopic (exact) mass is 429 g/mol. The standard InChI is InChI=1S/C22H31N5O2S/c1-16-17(2)24-22(25-20(16)27-10-12-29-13-11-27)30-15-18-6-5-7-19(14-18)21(28)23-8-9-26(3)4/h5-7,14H,8-13,15H2,1-4H3,(H,23,28). The lowest BCUT2D eigenvalue weighted by Gasteiger charge is -2.29. The first-order chi connectivity index (χ1) is 14.4. The van der Waals surface area contributed by atoms with Crippen LogP contribution in [0.3, 0.4) is 0 Å². The number of aryl methyl sites for hydroxylation is 1. The zero-order valence-corrected chi connectivity index (χ0v) is 19.1. The third kappa shape index (κ3) is 6.17. The van der Waals surface area contributed by atoms with Gasteiger partial charge in [0.2, 0.25) is 0 Å². The van der Waals surface area contributed by atoms with E-state index in [0.717, 1.165) is 60.6 Å². The van der Waals surface area contributed by atoms with Crippen molar-refractivity contribution >= 4 is 23.5 Å². The minimum absolute atomic E-state index is 0.0410. The van der Waals surface area contributed by atoms with E-state index in [4.69, 9.17) is 9.72 Å². The number of benzene rings is 1. The number of hydrogen-bond donors (Lipinski definition) is 1. The van der Waals surface area contributed by atoms with E-state index in [1.54, 1.807) is 11.8 Å². The summed E-state index contributed by atoms with van der Waals surface area (Å²) >= 11 is 1.60. The molecule has 0 atom stereocenters. The summed E-state index contributed by atoms with van der Waals surface area (Å²) in [5.41, 5.74) is 3.89. The maximum atomic E-state index is 12.4. The molecule has 8 heteroatoms. The third-order valence-corrected chi connectivity index (χ3v) is 5.97. The largest absolute Gasteiger partial charge is 0.378 e. The highest BCUT2D eigenvalue weighted by Gasteiger charge is 2.18. The topological polar surface area (TPSA) is 70.6 Å². The molecule has 1 aliphatic rings. The van der Waals surface area contributed by atoms with Crippen LogP contribution in [0.2, 0.25) is 0 Å². The number of rotatable bonds is 8. The van der Waals surface area contributed by atoms with Gasteiger partial charge in [-0.25, -0.2) is 9.97 Å². The number of carbonyl (C=O) groups excluding carboxylic acids is 1. The van der Waals surface area contributed by atoms with Crippen molar-refractivity contribution in [1.29, 1.82) is 0 Å². The maximum absolute atomic E-state index is 12.4. The predicted molar refractivity (Wildman–Crippen MR) is 121 cm³/mol. The molecule has 0 spiro atoms. The highest BCUT2D eigenvalue weighted by atomic mass is 32.2. The molecule has 30 heavy (non-hydrogen) atoms. The van der Waals surface area contributed by atoms with Gasteiger partial charge in [0.25, 0.3) is 5.91 Å². The predicted octanol–water partition coefficient (Wildman–Crippen LogP) is 2.51. The van der Waals surface area contributed by atoms with E-state index in [-0.39, 0.29) is 5.91 Å². The van der Waals surface area contributed by atoms with Crippen molar-refractivity contribution in [2.45, 2.75) is 24.8 Å². The normalized spacial score (nSPS) is 14.2. The number of nitrogens with one attached hydrogen (secondary N) is 1. The molecule has 0 saturated carbocycles. The molecule has 0 unspecified atom stereocenters. The molecule has 1 aromatic heterocycles. The molecule has 0 radical (unpaired) electrons. The van der Waals surface area contributed by atoms with Crippen molar-refractivity contribution < 1.29 is 9.53 Å². The Hall–Kier alpha value is -2.16. The maximum Gasteiger partial charge on any atom is 0.251 e. The molecule has 162 valence electrons. The van der Waals surface area contributed by atoms with E-state index < -0.39 is 0 Å². The van der Waals surface area contributed by atoms with Gasteiger partial charge in [-0.15, -0.1) is 0 Å². The molecule has 1 amide bonds. The second-order valence-corrected chi connectivity index (χ2v) is 8.63. The van der Waals surface area contributed by atoms with E-state index in [9.17, 15) is 4.79 Å². The van der Waals surface area contributed by atoms with Crippen LogP contribution >= 0.6 is 11.8 Å². The van der Waals surface area contributed by atoms with Crippen molar-refractivity contribution in [2.24, 2.45) is 0 Å². The molecule has 0 aliphatic carbocycles. The average molecular weight is 430 g/mol. The van der Waals surface area contributed by atoms with Crippen LogP contribution < -0.4 is 10.2 Å². The number of morpholine rings is 1. The summed E-state index contributed by atoms with van der Waals surface area (Å²) in [6, 6.07) is 7.76. The summed E-state index contributed by atoms with van der Waals surface area (Å²) in [5, 5.41) is 3.73. The van der Waals surface area contributed by atoms with Crippen molar-refractivity contribution in [3.63, 3.8) is 0 Å². The van der Waals surface area contributed by atoms with Crippen molar-refractivity contribution in [3.8, 4) is 0 Å². The zero-order chi connectivity index (χ0) is 21.5. The lowest BCUT2D eigenvalue weighted by molar-refractivity contribution is 0.0951. The molecule has 2 aromatic rings. The molecule has 2 heterocycles. The van der Waals surface area contributed by atoms with E-state index in [2.05, 4.69) is 22.1 Å². The Kier molecular flexibility index (Phi) is 8.07. The molecule has 7 nitrogen and oxygen atoms in total. The summed E-state index contributed by atoms with van der Waals surface area (Å²) in [7, 11) is 3.98. The van der Waals surface area contributed by atoms with Gasteiger partial charge in [0, 0.05) is 48.8 Å². The van der Waals surface area contributed by atoms with Crippen molar-refractivity contribution in [1.82, 2.24) is 20.2 Å². The Morgan fingerprint density at radius 3 is 2.73 bits per heavy atom. The number of aromatic nitrogens is 2. The average Bonchev–Trinajstić information content (AvgIpc) is 2.75. The lowest BCUT2D eigenvalue weighted by Crippen LogP contribution is -2.37. The highest BCUT2D eigenvalue weighted by molar-refractivity contribution is 7.98. The van der Waals surface area contributed by atoms with Crippen molar-refractivity contribution in [3.05, 3.63) is 46.6 Å². The Balaban J connectivity index is 1.65. The summed E-state index contributed by atoms with van der Waals surface area (Å²) in [6.45, 7) is 8.72. The number of amides is 1. The SMILES string of the molecule is Cc1nc(SCc2cccc(C(=O)NCCN(C)C)c2)nc(N2CCOCC2)c1C. The van der Waals surface area contributed by atoms with Crippen LogP contribution in [0.15, 0.2) is 29.4 Å². The van der Waals surface area contributed by atoms with Crippen LogP contribution in [0, 0.1) is 13.8 Å². The number of likely N-dealkylation sites (N-methyl/N-ethyl adjacent to an activating group) is 1. The lowest BCUT2D eigenvalue weighted by atomic mass is 10.1. The fraction of sp³-hybridized carbons (Fsp3) is 0.500. The van der Waals surface area contributed by atoms with Crippen LogP contribution in [0.5, 0.6) is 0 Å². The second-order valence-electron chi connectivity index (χ2n) is 7.69. The summed E-state index contributed by atoms with van der Waals surface area (Å²) in [4.78, 5) is 26.2. The summed E-state index contributed by atoms with van der Waals surface area (Å²) in [6.07, 6.45) is 0. The van der Waals surface area contributed by atoms with Gasteiger partial charge in [-0.1, -0.05) is 23.9 Å². The minimum atomic E-state index is -0.0410. The molecule has 1 N–H and O–H groups in total. The summed E-state index contributed by atoms with van der Waals surface area (Å²) in [5.74, 6) is 1.67. The van der Waals surface area contributed by atoms with Gasteiger partial charge >= 0.3 is 0 Å². The van der Waals surface area contributed by atoms with Crippen LogP contribution in [-0.2, 0) is 10.5 Å². The fourth-order valence-corrected chi connectivity index (χ4v) is 4.01. The van der Waals surface area contributed by atoms with E-state index >= 15 is 0 Å². The minimum Gasteiger partial charge on any atom is -0.378 e. The molecule has 1 saturated heterocycles. The zero-order valence-electron chi connectivity index (χ0n) is 18.3. The molecule has 1 fully saturated rings. The molecular weight excluding hydrogens is 398 g/mol. The van der Waals surface area contributed by atoms with Gasteiger partial charge in [-0.05, 0) is 45.6 Å². The third-order valence-electron chi connectivity index (χ3n) is 5.06. The second kappa shape index (κ2) is 10.7. The fourth-order valence-electron chi connectivity index (χ4n) is 3.18. The molecule has 1 aliphatic heterocycles. The van der Waals surface area contributed by atoms with Gasteiger partial charge in [0.1, 0.15) is 5.82 Å². The van der Waals surface area contributed by atoms with E-state index in [1.807, 2.05) is 50.2 Å². The van der Waals surface area contributed by atoms with Crippen LogP contribution in [0.25, 0.3) is 0 Å². The number of ether oxygens (including phenoxy) is 1. The quantitative estimate of drug-likeness (QED) is 0.511. The van der Waals surface area contributed by atoms with Crippen LogP contribution in [0.1, 0.15) is 27.2 Å². The highest BCUT2D eigenvalue weighted by Crippen LogP contribution is 2.26. The van der Waals surface area contributed by atoms with Gasteiger partial charge < -0.3 is 19.9 Å². The number of hydrogen-bond acceptors (Lipinski definition) is 7. The van der Waals surface area contributed by atoms with Crippen LogP contribution in [-0.4, -0.2) is 74.3 Å². The van der Waals surface area contributed by atoms with Gasteiger partial charge in [0.05, 0.1) is 13.2 Å². The Morgan fingerprint density at radius 1 is 1.23 bits per heavy atom. The number of anilines is 1. The Labute approximate surface area is 183 Å². The molecular formula is C22H31N5O2S.